The van der Waals surface area contributed by atoms with Crippen LogP contribution in [0.4, 0.5) is 17.5 Å². The maximum absolute atomic E-state index is 11.8. The van der Waals surface area contributed by atoms with Gasteiger partial charge >= 0.3 is 0 Å². The van der Waals surface area contributed by atoms with Crippen LogP contribution >= 0.6 is 23.4 Å². The molecule has 1 fully saturated rings. The predicted molar refractivity (Wildman–Crippen MR) is 98.6 cm³/mol. The quantitative estimate of drug-likeness (QED) is 0.438. The van der Waals surface area contributed by atoms with Crippen molar-refractivity contribution in [2.75, 3.05) is 10.6 Å². The Kier molecular flexibility index (Phi) is 4.72. The molecule has 26 heavy (non-hydrogen) atoms. The monoisotopic (exact) mass is 387 g/mol. The Morgan fingerprint density at radius 2 is 2.04 bits per heavy atom. The molecular weight excluding hydrogens is 374 g/mol. The number of carbonyl (C=O) groups is 1. The summed E-state index contributed by atoms with van der Waals surface area (Å²) >= 11 is 7.45. The first-order valence-corrected chi connectivity index (χ1v) is 9.11. The lowest BCUT2D eigenvalue weighted by molar-refractivity contribution is -0.117. The number of halogens is 1. The van der Waals surface area contributed by atoms with Gasteiger partial charge in [-0.2, -0.15) is 10.1 Å². The van der Waals surface area contributed by atoms with Crippen molar-refractivity contribution in [2.24, 2.45) is 5.92 Å². The van der Waals surface area contributed by atoms with E-state index in [9.17, 15) is 4.79 Å². The van der Waals surface area contributed by atoms with E-state index in [-0.39, 0.29) is 11.8 Å². The van der Waals surface area contributed by atoms with Crippen molar-refractivity contribution in [2.45, 2.75) is 22.9 Å². The molecule has 1 amide bonds. The van der Waals surface area contributed by atoms with E-state index in [4.69, 9.17) is 11.6 Å². The molecule has 8 nitrogen and oxygen atoms in total. The normalized spacial score (nSPS) is 13.4. The summed E-state index contributed by atoms with van der Waals surface area (Å²) in [7, 11) is 0. The van der Waals surface area contributed by atoms with Crippen molar-refractivity contribution in [1.29, 1.82) is 0 Å². The van der Waals surface area contributed by atoms with Crippen LogP contribution in [0.1, 0.15) is 12.8 Å². The molecule has 3 aromatic rings. The standard InChI is InChI=1S/C16H14ClN7OS/c17-12-7-13(22-15-18-8-19-24-15)23-16(21-12)26-11-5-3-10(4-6-11)20-14(25)9-1-2-9/h3-9H,1-2H2,(H,20,25)(H2,18,19,21,22,23,24). The van der Waals surface area contributed by atoms with Crippen LogP contribution in [-0.2, 0) is 4.79 Å². The fraction of sp³-hybridized carbons (Fsp3) is 0.188. The number of hydrogen-bond acceptors (Lipinski definition) is 7. The van der Waals surface area contributed by atoms with Gasteiger partial charge in [-0.3, -0.25) is 4.79 Å². The van der Waals surface area contributed by atoms with E-state index in [1.165, 1.54) is 18.1 Å². The highest BCUT2D eigenvalue weighted by Gasteiger charge is 2.29. The lowest BCUT2D eigenvalue weighted by Crippen LogP contribution is -2.12. The Bertz CT molecular complexity index is 913. The largest absolute Gasteiger partial charge is 0.326 e. The number of aromatic nitrogens is 5. The summed E-state index contributed by atoms with van der Waals surface area (Å²) in [5.74, 6) is 1.25. The van der Waals surface area contributed by atoms with Crippen molar-refractivity contribution < 1.29 is 4.79 Å². The zero-order chi connectivity index (χ0) is 17.9. The molecular formula is C16H14ClN7OS. The Labute approximate surface area is 158 Å². The molecule has 4 rings (SSSR count). The van der Waals surface area contributed by atoms with Gasteiger partial charge in [-0.1, -0.05) is 11.6 Å². The highest BCUT2D eigenvalue weighted by atomic mass is 35.5. The van der Waals surface area contributed by atoms with E-state index in [0.29, 0.717) is 22.1 Å². The second kappa shape index (κ2) is 7.30. The highest BCUT2D eigenvalue weighted by Crippen LogP contribution is 2.31. The minimum absolute atomic E-state index is 0.0895. The fourth-order valence-electron chi connectivity index (χ4n) is 2.20. The Morgan fingerprint density at radius 3 is 2.73 bits per heavy atom. The molecule has 1 aliphatic carbocycles. The number of H-pyrrole nitrogens is 1. The first-order valence-electron chi connectivity index (χ1n) is 7.91. The van der Waals surface area contributed by atoms with Gasteiger partial charge in [0.05, 0.1) is 0 Å². The van der Waals surface area contributed by atoms with Gasteiger partial charge in [0.2, 0.25) is 11.9 Å². The molecule has 132 valence electrons. The molecule has 10 heteroatoms. The van der Waals surface area contributed by atoms with E-state index >= 15 is 0 Å². The number of rotatable bonds is 6. The van der Waals surface area contributed by atoms with E-state index < -0.39 is 0 Å². The van der Waals surface area contributed by atoms with Crippen LogP contribution < -0.4 is 10.6 Å². The second-order valence-electron chi connectivity index (χ2n) is 5.71. The molecule has 0 radical (unpaired) electrons. The zero-order valence-corrected chi connectivity index (χ0v) is 15.0. The number of carbonyl (C=O) groups excluding carboxylic acids is 1. The number of hydrogen-bond donors (Lipinski definition) is 3. The number of nitrogens with zero attached hydrogens (tertiary/aromatic N) is 4. The summed E-state index contributed by atoms with van der Waals surface area (Å²) in [6.07, 6.45) is 3.36. The van der Waals surface area contributed by atoms with Crippen LogP contribution in [0.25, 0.3) is 0 Å². The van der Waals surface area contributed by atoms with Crippen molar-refractivity contribution >= 4 is 46.7 Å². The molecule has 0 unspecified atom stereocenters. The lowest BCUT2D eigenvalue weighted by atomic mass is 10.3. The number of benzene rings is 1. The van der Waals surface area contributed by atoms with Gasteiger partial charge in [-0.05, 0) is 48.9 Å². The summed E-state index contributed by atoms with van der Waals surface area (Å²) < 4.78 is 0. The van der Waals surface area contributed by atoms with Crippen molar-refractivity contribution in [3.05, 3.63) is 41.8 Å². The van der Waals surface area contributed by atoms with Crippen LogP contribution in [0, 0.1) is 5.92 Å². The lowest BCUT2D eigenvalue weighted by Gasteiger charge is -2.07. The van der Waals surface area contributed by atoms with Gasteiger partial charge in [-0.25, -0.2) is 15.1 Å². The van der Waals surface area contributed by atoms with Crippen LogP contribution in [0.15, 0.2) is 46.7 Å². The Morgan fingerprint density at radius 1 is 1.23 bits per heavy atom. The minimum atomic E-state index is 0.0895. The molecule has 2 aromatic heterocycles. The topological polar surface area (TPSA) is 108 Å². The molecule has 1 aliphatic rings. The van der Waals surface area contributed by atoms with Crippen LogP contribution in [-0.4, -0.2) is 31.1 Å². The van der Waals surface area contributed by atoms with Crippen molar-refractivity contribution in [3.8, 4) is 0 Å². The second-order valence-corrected chi connectivity index (χ2v) is 7.14. The van der Waals surface area contributed by atoms with Gasteiger partial charge in [0.25, 0.3) is 0 Å². The maximum atomic E-state index is 11.8. The van der Waals surface area contributed by atoms with Gasteiger partial charge in [0.15, 0.2) is 5.16 Å². The molecule has 1 saturated carbocycles. The van der Waals surface area contributed by atoms with Gasteiger partial charge in [0.1, 0.15) is 17.3 Å². The molecule has 0 saturated heterocycles. The minimum Gasteiger partial charge on any atom is -0.326 e. The first-order chi connectivity index (χ1) is 12.7. The average Bonchev–Trinajstić information content (AvgIpc) is 3.35. The van der Waals surface area contributed by atoms with Crippen LogP contribution in [0.3, 0.4) is 0 Å². The highest BCUT2D eigenvalue weighted by molar-refractivity contribution is 7.99. The summed E-state index contributed by atoms with van der Waals surface area (Å²) in [5, 5.41) is 13.2. The third-order valence-electron chi connectivity index (χ3n) is 3.61. The SMILES string of the molecule is O=C(Nc1ccc(Sc2nc(Cl)cc(Nc3ncn[nH]3)n2)cc1)C1CC1. The number of nitrogens with one attached hydrogen (secondary N) is 3. The summed E-state index contributed by atoms with van der Waals surface area (Å²) in [4.78, 5) is 25.3. The average molecular weight is 388 g/mol. The number of amides is 1. The molecule has 0 bridgehead atoms. The van der Waals surface area contributed by atoms with Crippen LogP contribution in [0.2, 0.25) is 5.15 Å². The molecule has 0 atom stereocenters. The van der Waals surface area contributed by atoms with Gasteiger partial charge in [-0.15, -0.1) is 0 Å². The van der Waals surface area contributed by atoms with Crippen molar-refractivity contribution in [1.82, 2.24) is 25.1 Å². The maximum Gasteiger partial charge on any atom is 0.227 e. The molecule has 0 aliphatic heterocycles. The summed E-state index contributed by atoms with van der Waals surface area (Å²) in [5.41, 5.74) is 0.783. The smallest absolute Gasteiger partial charge is 0.227 e. The van der Waals surface area contributed by atoms with E-state index in [2.05, 4.69) is 35.8 Å². The number of aromatic amines is 1. The third kappa shape index (κ3) is 4.30. The first kappa shape index (κ1) is 16.8. The molecule has 3 N–H and O–H groups in total. The summed E-state index contributed by atoms with van der Waals surface area (Å²) in [6.45, 7) is 0. The van der Waals surface area contributed by atoms with E-state index in [1.807, 2.05) is 24.3 Å². The van der Waals surface area contributed by atoms with Crippen LogP contribution in [0.5, 0.6) is 0 Å². The van der Waals surface area contributed by atoms with Crippen molar-refractivity contribution in [3.63, 3.8) is 0 Å². The fourth-order valence-corrected chi connectivity index (χ4v) is 3.20. The number of anilines is 3. The van der Waals surface area contributed by atoms with E-state index in [1.54, 1.807) is 6.07 Å². The zero-order valence-electron chi connectivity index (χ0n) is 13.4. The van der Waals surface area contributed by atoms with Gasteiger partial charge < -0.3 is 10.6 Å². The molecule has 1 aromatic carbocycles. The molecule has 2 heterocycles. The van der Waals surface area contributed by atoms with Gasteiger partial charge in [0, 0.05) is 22.6 Å². The third-order valence-corrected chi connectivity index (χ3v) is 4.68. The van der Waals surface area contributed by atoms with E-state index in [0.717, 1.165) is 23.4 Å². The molecule has 0 spiro atoms. The summed E-state index contributed by atoms with van der Waals surface area (Å²) in [6, 6.07) is 9.13. The predicted octanol–water partition coefficient (Wildman–Crippen LogP) is 3.49. The Balaban J connectivity index is 1.44. The Hall–Kier alpha value is -2.65.